The van der Waals surface area contributed by atoms with Crippen LogP contribution in [0.2, 0.25) is 0 Å². The van der Waals surface area contributed by atoms with E-state index in [1.54, 1.807) is 0 Å². The summed E-state index contributed by atoms with van der Waals surface area (Å²) >= 11 is 0. The van der Waals surface area contributed by atoms with Gasteiger partial charge in [-0.1, -0.05) is 0 Å². The summed E-state index contributed by atoms with van der Waals surface area (Å²) < 4.78 is 0. The second kappa shape index (κ2) is 23.7. The molecule has 0 unspecified atom stereocenters. The summed E-state index contributed by atoms with van der Waals surface area (Å²) in [6, 6.07) is 0. The van der Waals surface area contributed by atoms with Crippen LogP contribution in [0.1, 0.15) is 0 Å². The third-order valence-electron chi connectivity index (χ3n) is 1.24. The summed E-state index contributed by atoms with van der Waals surface area (Å²) in [6.07, 6.45) is 0. The van der Waals surface area contributed by atoms with Crippen LogP contribution < -0.4 is 0 Å². The first-order chi connectivity index (χ1) is 5.46. The molecule has 0 amide bonds. The maximum atomic E-state index is 10.4. The highest BCUT2D eigenvalue weighted by molar-refractivity contribution is 7.08. The lowest BCUT2D eigenvalue weighted by Crippen LogP contribution is -2.49. The summed E-state index contributed by atoms with van der Waals surface area (Å²) in [5, 5.41) is 0. The lowest BCUT2D eigenvalue weighted by Gasteiger charge is -2.01. The highest BCUT2D eigenvalue weighted by Gasteiger charge is 2.47. The molecule has 0 aliphatic heterocycles. The Bertz CT molecular complexity index is 250. The molecule has 20 N–H and O–H groups in total. The molecule has 0 saturated heterocycles. The molecule has 0 bridgehead atoms. The number of carbonyl (C=O) groups excluding carboxylic acids is 6. The molecule has 16 nitrogen and oxygen atoms in total. The molecule has 16 heteroatoms. The molecule has 0 radical (unpaired) electrons. The first kappa shape index (κ1) is 73.5. The Hall–Kier alpha value is -2.38. The van der Waals surface area contributed by atoms with Gasteiger partial charge < -0.3 is 54.8 Å². The van der Waals surface area contributed by atoms with Gasteiger partial charge in [0.2, 0.25) is 0 Å². The average molecular weight is 348 g/mol. The molecule has 140 valence electrons. The van der Waals surface area contributed by atoms with Gasteiger partial charge >= 0.3 is 0 Å². The zero-order valence-corrected chi connectivity index (χ0v) is 10.4. The molecule has 0 heterocycles. The number of Topliss-reactive ketones (excluding diaryl/α,β-unsaturated/α-hetero) is 6. The molecule has 0 aromatic rings. The Morgan fingerprint density at radius 3 is 0.318 bits per heavy atom. The number of ketones is 6. The van der Waals surface area contributed by atoms with Crippen molar-refractivity contribution < 1.29 is 83.5 Å². The van der Waals surface area contributed by atoms with E-state index in [0.717, 1.165) is 0 Å². The van der Waals surface area contributed by atoms with Gasteiger partial charge in [-0.05, 0) is 0 Å². The topological polar surface area (TPSA) is 417 Å². The fourth-order valence-corrected chi connectivity index (χ4v) is 0.619. The summed E-state index contributed by atoms with van der Waals surface area (Å²) in [5.74, 6) is -10.4. The first-order valence-corrected chi connectivity index (χ1v) is 2.72. The lowest BCUT2D eigenvalue weighted by molar-refractivity contribution is -0.158. The second-order valence-electron chi connectivity index (χ2n) is 1.97. The van der Waals surface area contributed by atoms with Gasteiger partial charge in [0.15, 0.2) is 0 Å². The van der Waals surface area contributed by atoms with Gasteiger partial charge in [0.1, 0.15) is 0 Å². The van der Waals surface area contributed by atoms with Crippen LogP contribution >= 0.6 is 0 Å². The van der Waals surface area contributed by atoms with Crippen molar-refractivity contribution in [3.63, 3.8) is 0 Å². The molecule has 0 spiro atoms. The van der Waals surface area contributed by atoms with E-state index < -0.39 is 34.7 Å². The SMILES string of the molecule is O.O.O.O.O.O.O.O.O.O.O=C1C(=O)C(=O)C(=O)C(=O)C1=O. The highest BCUT2D eigenvalue weighted by Crippen LogP contribution is 1.96. The molecule has 1 fully saturated rings. The van der Waals surface area contributed by atoms with Crippen LogP contribution in [0, 0.1) is 0 Å². The van der Waals surface area contributed by atoms with Crippen LogP contribution in [-0.4, -0.2) is 89.5 Å². The van der Waals surface area contributed by atoms with Crippen LogP contribution in [0.25, 0.3) is 0 Å². The standard InChI is InChI=1S/C6O6.10H2O/c7-1-2(8)4(10)6(12)5(11)3(1)9;;;;;;;;;;/h;10*1H2. The van der Waals surface area contributed by atoms with E-state index in [-0.39, 0.29) is 54.8 Å². The average Bonchev–Trinajstić information content (AvgIpc) is 2.08. The second-order valence-corrected chi connectivity index (χ2v) is 1.97. The predicted molar refractivity (Wildman–Crippen MR) is 66.2 cm³/mol. The van der Waals surface area contributed by atoms with Crippen LogP contribution in [0.3, 0.4) is 0 Å². The first-order valence-electron chi connectivity index (χ1n) is 2.72. The molecule has 1 saturated carbocycles. The van der Waals surface area contributed by atoms with E-state index in [1.807, 2.05) is 0 Å². The molecule has 1 aliphatic rings. The van der Waals surface area contributed by atoms with E-state index in [4.69, 9.17) is 0 Å². The van der Waals surface area contributed by atoms with Crippen LogP contribution in [0.4, 0.5) is 0 Å². The minimum absolute atomic E-state index is 0. The molecule has 0 atom stereocenters. The minimum Gasteiger partial charge on any atom is -0.412 e. The number of hydrogen-bond donors (Lipinski definition) is 0. The number of hydrogen-bond acceptors (Lipinski definition) is 6. The highest BCUT2D eigenvalue weighted by atomic mass is 16.2. The van der Waals surface area contributed by atoms with Crippen molar-refractivity contribution in [2.24, 2.45) is 0 Å². The monoisotopic (exact) mass is 348 g/mol. The molecule has 0 aromatic carbocycles. The van der Waals surface area contributed by atoms with Crippen molar-refractivity contribution in [2.75, 3.05) is 0 Å². The molecule has 22 heavy (non-hydrogen) atoms. The van der Waals surface area contributed by atoms with E-state index in [0.29, 0.717) is 0 Å². The maximum absolute atomic E-state index is 10.4. The van der Waals surface area contributed by atoms with E-state index in [2.05, 4.69) is 0 Å². The summed E-state index contributed by atoms with van der Waals surface area (Å²) in [4.78, 5) is 62.4. The minimum atomic E-state index is -1.73. The van der Waals surface area contributed by atoms with Gasteiger partial charge in [-0.2, -0.15) is 0 Å². The fourth-order valence-electron chi connectivity index (χ4n) is 0.619. The van der Waals surface area contributed by atoms with Gasteiger partial charge in [0.05, 0.1) is 0 Å². The van der Waals surface area contributed by atoms with Gasteiger partial charge in [0.25, 0.3) is 34.7 Å². The van der Waals surface area contributed by atoms with Crippen LogP contribution in [-0.2, 0) is 28.8 Å². The van der Waals surface area contributed by atoms with Crippen molar-refractivity contribution in [3.8, 4) is 0 Å². The smallest absolute Gasteiger partial charge is 0.281 e. The van der Waals surface area contributed by atoms with Gasteiger partial charge in [-0.3, -0.25) is 28.8 Å². The van der Waals surface area contributed by atoms with Crippen molar-refractivity contribution in [3.05, 3.63) is 0 Å². The third kappa shape index (κ3) is 10.4. The molecular formula is C6H20O16. The summed E-state index contributed by atoms with van der Waals surface area (Å²) in [5.41, 5.74) is 0. The van der Waals surface area contributed by atoms with E-state index in [9.17, 15) is 28.8 Å². The number of rotatable bonds is 0. The maximum Gasteiger partial charge on any atom is 0.281 e. The summed E-state index contributed by atoms with van der Waals surface area (Å²) in [7, 11) is 0. The van der Waals surface area contributed by atoms with Gasteiger partial charge in [-0.25, -0.2) is 0 Å². The third-order valence-corrected chi connectivity index (χ3v) is 1.24. The van der Waals surface area contributed by atoms with E-state index in [1.165, 1.54) is 0 Å². The molecule has 1 rings (SSSR count). The Balaban J connectivity index is -0.0000000180. The zero-order valence-electron chi connectivity index (χ0n) is 10.4. The number of carbonyl (C=O) groups is 6. The Morgan fingerprint density at radius 2 is 0.273 bits per heavy atom. The van der Waals surface area contributed by atoms with Crippen molar-refractivity contribution in [2.45, 2.75) is 0 Å². The molecule has 1 aliphatic carbocycles. The van der Waals surface area contributed by atoms with Crippen molar-refractivity contribution in [1.29, 1.82) is 0 Å². The Kier molecular flexibility index (Phi) is 79.2. The zero-order chi connectivity index (χ0) is 9.46. The Labute approximate surface area is 119 Å². The summed E-state index contributed by atoms with van der Waals surface area (Å²) in [6.45, 7) is 0. The quantitative estimate of drug-likeness (QED) is 0.381. The largest absolute Gasteiger partial charge is 0.412 e. The van der Waals surface area contributed by atoms with Crippen molar-refractivity contribution >= 4 is 34.7 Å². The van der Waals surface area contributed by atoms with Crippen LogP contribution in [0.15, 0.2) is 0 Å². The van der Waals surface area contributed by atoms with E-state index >= 15 is 0 Å². The fraction of sp³-hybridized carbons (Fsp3) is 0. The normalized spacial score (nSPS) is 10.4. The van der Waals surface area contributed by atoms with Crippen molar-refractivity contribution in [1.82, 2.24) is 0 Å². The van der Waals surface area contributed by atoms with Gasteiger partial charge in [-0.15, -0.1) is 0 Å². The van der Waals surface area contributed by atoms with Gasteiger partial charge in [0, 0.05) is 0 Å². The Morgan fingerprint density at radius 1 is 0.227 bits per heavy atom. The lowest BCUT2D eigenvalue weighted by atomic mass is 9.93. The molecular weight excluding hydrogens is 328 g/mol. The molecule has 0 aromatic heterocycles. The van der Waals surface area contributed by atoms with Crippen LogP contribution in [0.5, 0.6) is 0 Å². The predicted octanol–water partition coefficient (Wildman–Crippen LogP) is -10.8.